The van der Waals surface area contributed by atoms with Gasteiger partial charge in [-0.2, -0.15) is 0 Å². The smallest absolute Gasteiger partial charge is 0.338 e. The van der Waals surface area contributed by atoms with Gasteiger partial charge >= 0.3 is 5.97 Å². The number of nitrogens with zero attached hydrogens (tertiary/aromatic N) is 2. The molecule has 4 rings (SSSR count). The van der Waals surface area contributed by atoms with Crippen molar-refractivity contribution in [1.82, 2.24) is 9.55 Å². The second-order valence-corrected chi connectivity index (χ2v) is 8.57. The molecule has 158 valence electrons. The molecular weight excluding hydrogens is 408 g/mol. The van der Waals surface area contributed by atoms with Crippen LogP contribution in [0.4, 0.5) is 0 Å². The average Bonchev–Trinajstić information content (AvgIpc) is 3.20. The molecule has 0 fully saturated rings. The summed E-state index contributed by atoms with van der Waals surface area (Å²) < 4.78 is 6.86. The number of aryl methyl sites for hydroxylation is 1. The maximum Gasteiger partial charge on any atom is 0.338 e. The van der Waals surface area contributed by atoms with Crippen molar-refractivity contribution in [3.63, 3.8) is 0 Å². The molecule has 0 aliphatic heterocycles. The van der Waals surface area contributed by atoms with Gasteiger partial charge in [-0.25, -0.2) is 9.78 Å². The summed E-state index contributed by atoms with van der Waals surface area (Å²) in [6, 6.07) is 15.5. The van der Waals surface area contributed by atoms with Gasteiger partial charge in [-0.3, -0.25) is 9.36 Å². The SMILES string of the molecule is CCc1ccc(-c2csc3ncn(Cc4cccc(C(=O)OC(C)C)c4)c(=O)c23)cc1. The lowest BCUT2D eigenvalue weighted by Gasteiger charge is -2.10. The molecule has 0 saturated heterocycles. The molecule has 0 unspecified atom stereocenters. The topological polar surface area (TPSA) is 61.2 Å². The van der Waals surface area contributed by atoms with E-state index in [2.05, 4.69) is 36.2 Å². The molecule has 0 saturated carbocycles. The molecule has 0 amide bonds. The normalized spacial score (nSPS) is 11.2. The van der Waals surface area contributed by atoms with E-state index in [1.165, 1.54) is 16.9 Å². The van der Waals surface area contributed by atoms with Crippen molar-refractivity contribution < 1.29 is 9.53 Å². The summed E-state index contributed by atoms with van der Waals surface area (Å²) in [6.45, 7) is 6.08. The zero-order valence-electron chi connectivity index (χ0n) is 17.8. The Hall–Kier alpha value is -3.25. The van der Waals surface area contributed by atoms with E-state index >= 15 is 0 Å². The van der Waals surface area contributed by atoms with Crippen LogP contribution < -0.4 is 5.56 Å². The van der Waals surface area contributed by atoms with E-state index in [0.29, 0.717) is 17.5 Å². The van der Waals surface area contributed by atoms with Crippen LogP contribution in [0, 0.1) is 0 Å². The van der Waals surface area contributed by atoms with E-state index in [9.17, 15) is 9.59 Å². The third-order valence-electron chi connectivity index (χ3n) is 5.09. The molecule has 31 heavy (non-hydrogen) atoms. The molecule has 2 heterocycles. The molecule has 5 nitrogen and oxygen atoms in total. The highest BCUT2D eigenvalue weighted by molar-refractivity contribution is 7.17. The van der Waals surface area contributed by atoms with Crippen LogP contribution in [0.25, 0.3) is 21.3 Å². The fraction of sp³-hybridized carbons (Fsp3) is 0.240. The molecule has 0 spiro atoms. The molecule has 0 bridgehead atoms. The van der Waals surface area contributed by atoms with Crippen molar-refractivity contribution in [2.24, 2.45) is 0 Å². The summed E-state index contributed by atoms with van der Waals surface area (Å²) in [5.74, 6) is -0.367. The predicted octanol–water partition coefficient (Wildman–Crippen LogP) is 5.30. The van der Waals surface area contributed by atoms with Crippen molar-refractivity contribution >= 4 is 27.5 Å². The van der Waals surface area contributed by atoms with Gasteiger partial charge < -0.3 is 4.74 Å². The van der Waals surface area contributed by atoms with Gasteiger partial charge in [0.15, 0.2) is 0 Å². The first-order chi connectivity index (χ1) is 15.0. The number of thiophene rings is 1. The summed E-state index contributed by atoms with van der Waals surface area (Å²) in [5.41, 5.74) is 4.40. The van der Waals surface area contributed by atoms with Crippen molar-refractivity contribution in [2.75, 3.05) is 0 Å². The molecule has 0 aliphatic carbocycles. The Labute approximate surface area is 185 Å². The highest BCUT2D eigenvalue weighted by atomic mass is 32.1. The van der Waals surface area contributed by atoms with Crippen molar-refractivity contribution in [3.8, 4) is 11.1 Å². The van der Waals surface area contributed by atoms with Crippen LogP contribution in [0.3, 0.4) is 0 Å². The van der Waals surface area contributed by atoms with Gasteiger partial charge in [-0.05, 0) is 49.1 Å². The van der Waals surface area contributed by atoms with E-state index < -0.39 is 0 Å². The summed E-state index contributed by atoms with van der Waals surface area (Å²) in [4.78, 5) is 30.8. The first kappa shape index (κ1) is 21.0. The molecule has 2 aromatic heterocycles. The van der Waals surface area contributed by atoms with Crippen molar-refractivity contribution in [3.05, 3.63) is 87.3 Å². The van der Waals surface area contributed by atoms with E-state index in [1.54, 1.807) is 29.1 Å². The molecular formula is C25H24N2O3S. The number of fused-ring (bicyclic) bond motifs is 1. The maximum atomic E-state index is 13.3. The molecule has 4 aromatic rings. The largest absolute Gasteiger partial charge is 0.459 e. The first-order valence-electron chi connectivity index (χ1n) is 10.3. The number of hydrogen-bond acceptors (Lipinski definition) is 5. The Morgan fingerprint density at radius 3 is 2.61 bits per heavy atom. The van der Waals surface area contributed by atoms with Gasteiger partial charge in [0.1, 0.15) is 4.83 Å². The summed E-state index contributed by atoms with van der Waals surface area (Å²) in [6.07, 6.45) is 2.36. The highest BCUT2D eigenvalue weighted by Gasteiger charge is 2.14. The van der Waals surface area contributed by atoms with Gasteiger partial charge in [-0.15, -0.1) is 11.3 Å². The molecule has 0 atom stereocenters. The van der Waals surface area contributed by atoms with Crippen LogP contribution in [0.15, 0.2) is 65.0 Å². The summed E-state index contributed by atoms with van der Waals surface area (Å²) in [7, 11) is 0. The molecule has 6 heteroatoms. The van der Waals surface area contributed by atoms with Crippen molar-refractivity contribution in [2.45, 2.75) is 39.8 Å². The van der Waals surface area contributed by atoms with Crippen LogP contribution >= 0.6 is 11.3 Å². The summed E-state index contributed by atoms with van der Waals surface area (Å²) >= 11 is 1.47. The van der Waals surface area contributed by atoms with Gasteiger partial charge in [-0.1, -0.05) is 43.3 Å². The zero-order chi connectivity index (χ0) is 22.0. The fourth-order valence-electron chi connectivity index (χ4n) is 3.49. The number of rotatable bonds is 6. The number of aromatic nitrogens is 2. The Bertz CT molecular complexity index is 1290. The molecule has 0 radical (unpaired) electrons. The highest BCUT2D eigenvalue weighted by Crippen LogP contribution is 2.30. The fourth-order valence-corrected chi connectivity index (χ4v) is 4.39. The minimum absolute atomic E-state index is 0.0871. The van der Waals surface area contributed by atoms with E-state index in [4.69, 9.17) is 4.74 Å². The van der Waals surface area contributed by atoms with Crippen LogP contribution in [-0.2, 0) is 17.7 Å². The second-order valence-electron chi connectivity index (χ2n) is 7.71. The molecule has 2 aromatic carbocycles. The second kappa shape index (κ2) is 8.86. The van der Waals surface area contributed by atoms with Gasteiger partial charge in [0.25, 0.3) is 5.56 Å². The van der Waals surface area contributed by atoms with Gasteiger partial charge in [0.2, 0.25) is 0 Å². The number of benzene rings is 2. The minimum atomic E-state index is -0.367. The Morgan fingerprint density at radius 1 is 1.13 bits per heavy atom. The number of ether oxygens (including phenoxy) is 1. The van der Waals surface area contributed by atoms with Crippen LogP contribution in [0.1, 0.15) is 42.3 Å². The third kappa shape index (κ3) is 4.44. The lowest BCUT2D eigenvalue weighted by atomic mass is 10.0. The number of esters is 1. The van der Waals surface area contributed by atoms with E-state index in [-0.39, 0.29) is 17.6 Å². The molecule has 0 N–H and O–H groups in total. The quantitative estimate of drug-likeness (QED) is 0.388. The van der Waals surface area contributed by atoms with Crippen molar-refractivity contribution in [1.29, 1.82) is 0 Å². The Balaban J connectivity index is 1.69. The maximum absolute atomic E-state index is 13.3. The first-order valence-corrected chi connectivity index (χ1v) is 11.2. The average molecular weight is 433 g/mol. The Morgan fingerprint density at radius 2 is 1.90 bits per heavy atom. The van der Waals surface area contributed by atoms with E-state index in [0.717, 1.165) is 27.9 Å². The summed E-state index contributed by atoms with van der Waals surface area (Å²) in [5, 5.41) is 2.62. The Kier molecular flexibility index (Phi) is 6.00. The van der Waals surface area contributed by atoms with Crippen LogP contribution in [0.2, 0.25) is 0 Å². The standard InChI is InChI=1S/C25H24N2O3S/c1-4-17-8-10-19(11-9-17)21-14-31-23-22(21)24(28)27(15-26-23)13-18-6-5-7-20(12-18)25(29)30-16(2)3/h5-12,14-16H,4,13H2,1-3H3. The molecule has 0 aliphatic rings. The van der Waals surface area contributed by atoms with Crippen LogP contribution in [0.5, 0.6) is 0 Å². The predicted molar refractivity (Wildman–Crippen MR) is 125 cm³/mol. The zero-order valence-corrected chi connectivity index (χ0v) is 18.6. The van der Waals surface area contributed by atoms with Crippen LogP contribution in [-0.4, -0.2) is 21.6 Å². The van der Waals surface area contributed by atoms with Gasteiger partial charge in [0.05, 0.1) is 29.9 Å². The van der Waals surface area contributed by atoms with Gasteiger partial charge in [0, 0.05) is 10.9 Å². The third-order valence-corrected chi connectivity index (χ3v) is 5.98. The minimum Gasteiger partial charge on any atom is -0.459 e. The van der Waals surface area contributed by atoms with E-state index in [1.807, 2.05) is 25.3 Å². The lowest BCUT2D eigenvalue weighted by Crippen LogP contribution is -2.21. The monoisotopic (exact) mass is 432 g/mol. The number of hydrogen-bond donors (Lipinski definition) is 0. The lowest BCUT2D eigenvalue weighted by molar-refractivity contribution is 0.0378. The number of carbonyl (C=O) groups is 1. The number of carbonyl (C=O) groups excluding carboxylic acids is 1.